The zero-order valence-electron chi connectivity index (χ0n) is 6.09. The summed E-state index contributed by atoms with van der Waals surface area (Å²) in [5.41, 5.74) is 0. The van der Waals surface area contributed by atoms with E-state index in [0.29, 0.717) is 5.75 Å². The molecule has 0 rings (SSSR count). The fraction of sp³-hybridized carbons (Fsp3) is 0.600. The number of hydrogen-bond acceptors (Lipinski definition) is 3. The second-order valence-electron chi connectivity index (χ2n) is 1.47. The maximum absolute atomic E-state index is 10.3. The number of ketones is 1. The second kappa shape index (κ2) is 7.60. The fourth-order valence-electron chi connectivity index (χ4n) is 0.302. The van der Waals surface area contributed by atoms with Gasteiger partial charge in [0.25, 0.3) is 0 Å². The first kappa shape index (κ1) is 13.1. The Balaban J connectivity index is 0. The molecule has 0 saturated carbocycles. The van der Waals surface area contributed by atoms with E-state index in [1.54, 1.807) is 0 Å². The molecule has 3 nitrogen and oxygen atoms in total. The van der Waals surface area contributed by atoms with Crippen LogP contribution in [0.3, 0.4) is 0 Å². The number of carbonyl (C=O) groups excluding carboxylic acids is 1. The zero-order chi connectivity index (χ0) is 7.28. The van der Waals surface area contributed by atoms with Crippen LogP contribution in [0.25, 0.3) is 0 Å². The van der Waals surface area contributed by atoms with Crippen molar-refractivity contribution >= 4 is 53.1 Å². The van der Waals surface area contributed by atoms with Crippen LogP contribution < -0.4 is 0 Å². The Morgan fingerprint density at radius 2 is 2.00 bits per heavy atom. The summed E-state index contributed by atoms with van der Waals surface area (Å²) in [6, 6.07) is 0. The second-order valence-corrected chi connectivity index (χ2v) is 2.46. The number of aliphatic carboxylic acids is 1. The van der Waals surface area contributed by atoms with Crippen LogP contribution in [-0.4, -0.2) is 58.4 Å². The van der Waals surface area contributed by atoms with Gasteiger partial charge in [-0.3, -0.25) is 4.79 Å². The number of Topliss-reactive ketones (excluding diaryl/α,β-unsaturated/α-hetero) is 1. The quantitative estimate of drug-likeness (QED) is 0.478. The van der Waals surface area contributed by atoms with Gasteiger partial charge in [-0.1, -0.05) is 0 Å². The molecule has 0 spiro atoms. The monoisotopic (exact) mass is 171 g/mol. The summed E-state index contributed by atoms with van der Waals surface area (Å²) >= 11 is 1.46. The summed E-state index contributed by atoms with van der Waals surface area (Å²) in [6.07, 6.45) is 1.96. The van der Waals surface area contributed by atoms with Crippen LogP contribution in [0.4, 0.5) is 0 Å². The molecule has 0 saturated heterocycles. The molecule has 53 valence electrons. The molecule has 1 radical (unpaired) electrons. The van der Waals surface area contributed by atoms with Gasteiger partial charge in [-0.25, -0.2) is 4.79 Å². The van der Waals surface area contributed by atoms with Crippen LogP contribution in [0, 0.1) is 0 Å². The van der Waals surface area contributed by atoms with Crippen molar-refractivity contribution in [2.24, 2.45) is 0 Å². The van der Waals surface area contributed by atoms with Gasteiger partial charge in [-0.05, 0) is 6.26 Å². The molecule has 0 bridgehead atoms. The molecule has 0 aliphatic rings. The van der Waals surface area contributed by atoms with Crippen LogP contribution in [0.5, 0.6) is 0 Å². The van der Waals surface area contributed by atoms with Crippen molar-refractivity contribution in [1.29, 1.82) is 0 Å². The van der Waals surface area contributed by atoms with E-state index in [1.807, 2.05) is 6.26 Å². The van der Waals surface area contributed by atoms with Crippen LogP contribution >= 0.6 is 11.8 Å². The zero-order valence-corrected chi connectivity index (χ0v) is 8.90. The maximum atomic E-state index is 10.3. The van der Waals surface area contributed by atoms with Crippen molar-refractivity contribution in [3.8, 4) is 0 Å². The third kappa shape index (κ3) is 6.61. The Labute approximate surface area is 85.9 Å². The summed E-state index contributed by atoms with van der Waals surface area (Å²) in [7, 11) is 0. The third-order valence-corrected chi connectivity index (χ3v) is 1.38. The minimum Gasteiger partial charge on any atom is -0.476 e. The first-order chi connectivity index (χ1) is 4.18. The van der Waals surface area contributed by atoms with E-state index < -0.39 is 11.8 Å². The van der Waals surface area contributed by atoms with Gasteiger partial charge in [0.1, 0.15) is 0 Å². The molecular weight excluding hydrogens is 163 g/mol. The van der Waals surface area contributed by atoms with E-state index in [-0.39, 0.29) is 36.0 Å². The van der Waals surface area contributed by atoms with Crippen molar-refractivity contribution in [2.75, 3.05) is 12.0 Å². The molecule has 0 aliphatic carbocycles. The molecule has 0 aromatic heterocycles. The van der Waals surface area contributed by atoms with Crippen LogP contribution in [0.2, 0.25) is 0 Å². The third-order valence-electron chi connectivity index (χ3n) is 0.772. The molecule has 0 aliphatic heterocycles. The number of thioether (sulfide) groups is 1. The first-order valence-corrected chi connectivity index (χ1v) is 3.83. The summed E-state index contributed by atoms with van der Waals surface area (Å²) in [4.78, 5) is 20.1. The Kier molecular flexibility index (Phi) is 9.96. The van der Waals surface area contributed by atoms with E-state index in [9.17, 15) is 9.59 Å². The maximum Gasteiger partial charge on any atom is 0.372 e. The van der Waals surface area contributed by atoms with Crippen molar-refractivity contribution in [3.05, 3.63) is 0 Å². The smallest absolute Gasteiger partial charge is 0.372 e. The van der Waals surface area contributed by atoms with Crippen LogP contribution in [-0.2, 0) is 9.59 Å². The van der Waals surface area contributed by atoms with Crippen LogP contribution in [0.1, 0.15) is 6.42 Å². The number of rotatable bonds is 4. The number of carboxylic acids is 1. The normalized spacial score (nSPS) is 8.10. The molecule has 0 amide bonds. The van der Waals surface area contributed by atoms with E-state index in [1.165, 1.54) is 11.8 Å². The number of hydrogen-bond donors (Lipinski definition) is 1. The van der Waals surface area contributed by atoms with E-state index >= 15 is 0 Å². The topological polar surface area (TPSA) is 54.4 Å². The Hall–Kier alpha value is 0.490. The van der Waals surface area contributed by atoms with E-state index in [0.717, 1.165) is 0 Å². The van der Waals surface area contributed by atoms with Crippen molar-refractivity contribution < 1.29 is 14.7 Å². The van der Waals surface area contributed by atoms with E-state index in [4.69, 9.17) is 5.11 Å². The SMILES string of the molecule is CSCCC(=O)C(=O)O.[Na]. The largest absolute Gasteiger partial charge is 0.476 e. The average Bonchev–Trinajstić information content (AvgIpc) is 1.82. The standard InChI is InChI=1S/C5H8O3S.Na/c1-9-3-2-4(6)5(7)8;/h2-3H2,1H3,(H,7,8);. The van der Waals surface area contributed by atoms with Gasteiger partial charge in [0.05, 0.1) is 0 Å². The van der Waals surface area contributed by atoms with Crippen LogP contribution in [0.15, 0.2) is 0 Å². The summed E-state index contributed by atoms with van der Waals surface area (Å²) in [5, 5.41) is 8.05. The predicted molar refractivity (Wildman–Crippen MR) is 41.4 cm³/mol. The molecule has 0 aromatic rings. The predicted octanol–water partition coefficient (Wildman–Crippen LogP) is 0.0124. The van der Waals surface area contributed by atoms with Gasteiger partial charge < -0.3 is 5.11 Å². The minimum atomic E-state index is -1.33. The molecule has 0 aromatic carbocycles. The molecule has 0 fully saturated rings. The van der Waals surface area contributed by atoms with Gasteiger partial charge in [0.2, 0.25) is 5.78 Å². The fourth-order valence-corrected chi connectivity index (χ4v) is 0.691. The van der Waals surface area contributed by atoms with Gasteiger partial charge in [-0.2, -0.15) is 11.8 Å². The molecule has 10 heavy (non-hydrogen) atoms. The van der Waals surface area contributed by atoms with Crippen molar-refractivity contribution in [2.45, 2.75) is 6.42 Å². The average molecular weight is 171 g/mol. The molecule has 0 atom stereocenters. The van der Waals surface area contributed by atoms with E-state index in [2.05, 4.69) is 0 Å². The Morgan fingerprint density at radius 3 is 2.30 bits per heavy atom. The first-order valence-electron chi connectivity index (χ1n) is 2.43. The molecule has 0 unspecified atom stereocenters. The number of carboxylic acid groups (broad SMARTS) is 1. The summed E-state index contributed by atoms with van der Waals surface area (Å²) < 4.78 is 0. The number of carbonyl (C=O) groups is 2. The van der Waals surface area contributed by atoms with Gasteiger partial charge in [0, 0.05) is 41.7 Å². The summed E-state index contributed by atoms with van der Waals surface area (Å²) in [5.74, 6) is -1.45. The minimum absolute atomic E-state index is 0. The molecule has 5 heteroatoms. The molecule has 1 N–H and O–H groups in total. The Morgan fingerprint density at radius 1 is 1.50 bits per heavy atom. The Bertz CT molecular complexity index is 126. The van der Waals surface area contributed by atoms with Gasteiger partial charge in [-0.15, -0.1) is 0 Å². The van der Waals surface area contributed by atoms with Crippen molar-refractivity contribution in [3.63, 3.8) is 0 Å². The van der Waals surface area contributed by atoms with Crippen molar-refractivity contribution in [1.82, 2.24) is 0 Å². The van der Waals surface area contributed by atoms with Gasteiger partial charge in [0.15, 0.2) is 0 Å². The van der Waals surface area contributed by atoms with Gasteiger partial charge >= 0.3 is 5.97 Å². The summed E-state index contributed by atoms with van der Waals surface area (Å²) in [6.45, 7) is 0. The molecule has 0 heterocycles. The molecular formula is C5H8NaO3S.